The molecule has 3 nitrogen and oxygen atoms in total. The molecule has 2 rings (SSSR count). The molecule has 1 aliphatic rings. The lowest BCUT2D eigenvalue weighted by Crippen LogP contribution is -2.36. The van der Waals surface area contributed by atoms with Crippen molar-refractivity contribution in [2.45, 2.75) is 12.8 Å². The predicted octanol–water partition coefficient (Wildman–Crippen LogP) is 2.57. The lowest BCUT2D eigenvalue weighted by molar-refractivity contribution is 0.0697. The molecule has 1 atom stereocenters. The summed E-state index contributed by atoms with van der Waals surface area (Å²) in [6.07, 6.45) is 1.94. The smallest absolute Gasteiger partial charge is 0.335 e. The van der Waals surface area contributed by atoms with E-state index >= 15 is 0 Å². The van der Waals surface area contributed by atoms with Gasteiger partial charge in [-0.1, -0.05) is 0 Å². The molecule has 0 unspecified atom stereocenters. The quantitative estimate of drug-likeness (QED) is 0.878. The minimum atomic E-state index is -0.920. The van der Waals surface area contributed by atoms with Crippen LogP contribution in [-0.4, -0.2) is 30.8 Å². The molecule has 17 heavy (non-hydrogen) atoms. The number of anilines is 1. The van der Waals surface area contributed by atoms with Gasteiger partial charge >= 0.3 is 5.97 Å². The monoisotopic (exact) mass is 237 g/mol. The summed E-state index contributed by atoms with van der Waals surface area (Å²) in [5, 5.41) is 8.80. The van der Waals surface area contributed by atoms with Crippen LogP contribution in [0, 0.1) is 5.92 Å². The second-order valence-electron chi connectivity index (χ2n) is 4.46. The van der Waals surface area contributed by atoms with Crippen LogP contribution >= 0.6 is 0 Å². The maximum atomic E-state index is 12.6. The molecule has 0 amide bonds. The van der Waals surface area contributed by atoms with Crippen molar-refractivity contribution in [2.24, 2.45) is 5.92 Å². The molecule has 0 radical (unpaired) electrons. The normalized spacial score (nSPS) is 20.3. The first kappa shape index (κ1) is 11.9. The molecule has 1 fully saturated rings. The number of aromatic carboxylic acids is 1. The summed E-state index contributed by atoms with van der Waals surface area (Å²) in [6, 6.07) is 6.78. The first-order valence-corrected chi connectivity index (χ1v) is 5.85. The van der Waals surface area contributed by atoms with E-state index in [4.69, 9.17) is 5.11 Å². The summed E-state index contributed by atoms with van der Waals surface area (Å²) in [4.78, 5) is 12.8. The highest BCUT2D eigenvalue weighted by Gasteiger charge is 2.20. The van der Waals surface area contributed by atoms with Crippen LogP contribution in [0.3, 0.4) is 0 Å². The molecule has 0 spiro atoms. The van der Waals surface area contributed by atoms with Gasteiger partial charge < -0.3 is 10.0 Å². The molecule has 1 heterocycles. The summed E-state index contributed by atoms with van der Waals surface area (Å²) >= 11 is 0. The highest BCUT2D eigenvalue weighted by Crippen LogP contribution is 2.23. The van der Waals surface area contributed by atoms with Gasteiger partial charge in [0.15, 0.2) is 0 Å². The van der Waals surface area contributed by atoms with Crippen molar-refractivity contribution in [1.29, 1.82) is 0 Å². The number of halogens is 1. The summed E-state index contributed by atoms with van der Waals surface area (Å²) < 4.78 is 12.6. The lowest BCUT2D eigenvalue weighted by atomic mass is 9.99. The van der Waals surface area contributed by atoms with Gasteiger partial charge in [0.25, 0.3) is 0 Å². The maximum absolute atomic E-state index is 12.6. The minimum Gasteiger partial charge on any atom is -0.478 e. The third-order valence-electron chi connectivity index (χ3n) is 3.22. The van der Waals surface area contributed by atoms with Crippen LogP contribution in [0.25, 0.3) is 0 Å². The molecule has 0 aliphatic carbocycles. The number of hydrogen-bond acceptors (Lipinski definition) is 2. The van der Waals surface area contributed by atoms with Crippen LogP contribution in [0.4, 0.5) is 10.1 Å². The lowest BCUT2D eigenvalue weighted by Gasteiger charge is -2.33. The SMILES string of the molecule is O=C(O)c1ccc(N2CCC[C@@H](CF)C2)cc1. The van der Waals surface area contributed by atoms with Crippen molar-refractivity contribution >= 4 is 11.7 Å². The zero-order valence-corrected chi connectivity index (χ0v) is 9.60. The summed E-state index contributed by atoms with van der Waals surface area (Å²) in [5.41, 5.74) is 1.26. The van der Waals surface area contributed by atoms with Gasteiger partial charge in [0.2, 0.25) is 0 Å². The van der Waals surface area contributed by atoms with Crippen LogP contribution < -0.4 is 4.90 Å². The fourth-order valence-electron chi connectivity index (χ4n) is 2.24. The maximum Gasteiger partial charge on any atom is 0.335 e. The first-order valence-electron chi connectivity index (χ1n) is 5.85. The fraction of sp³-hybridized carbons (Fsp3) is 0.462. The van der Waals surface area contributed by atoms with Gasteiger partial charge in [0.05, 0.1) is 12.2 Å². The second-order valence-corrected chi connectivity index (χ2v) is 4.46. The number of carbonyl (C=O) groups is 1. The van der Waals surface area contributed by atoms with Crippen LogP contribution in [-0.2, 0) is 0 Å². The van der Waals surface area contributed by atoms with E-state index in [1.165, 1.54) is 0 Å². The number of piperidine rings is 1. The van der Waals surface area contributed by atoms with Crippen molar-refractivity contribution in [3.63, 3.8) is 0 Å². The Kier molecular flexibility index (Phi) is 3.61. The largest absolute Gasteiger partial charge is 0.478 e. The van der Waals surface area contributed by atoms with Crippen molar-refractivity contribution in [3.05, 3.63) is 29.8 Å². The van der Waals surface area contributed by atoms with E-state index in [-0.39, 0.29) is 18.2 Å². The summed E-state index contributed by atoms with van der Waals surface area (Å²) in [6.45, 7) is 1.37. The Hall–Kier alpha value is -1.58. The average molecular weight is 237 g/mol. The highest BCUT2D eigenvalue weighted by molar-refractivity contribution is 5.88. The van der Waals surface area contributed by atoms with E-state index in [2.05, 4.69) is 4.90 Å². The van der Waals surface area contributed by atoms with Gasteiger partial charge in [-0.2, -0.15) is 0 Å². The Morgan fingerprint density at radius 3 is 2.71 bits per heavy atom. The molecule has 4 heteroatoms. The van der Waals surface area contributed by atoms with E-state index in [9.17, 15) is 9.18 Å². The number of carboxylic acid groups (broad SMARTS) is 1. The number of hydrogen-bond donors (Lipinski definition) is 1. The van der Waals surface area contributed by atoms with Crippen molar-refractivity contribution in [1.82, 2.24) is 0 Å². The van der Waals surface area contributed by atoms with Gasteiger partial charge in [0.1, 0.15) is 0 Å². The molecule has 1 aliphatic heterocycles. The van der Waals surface area contributed by atoms with Gasteiger partial charge in [-0.15, -0.1) is 0 Å². The highest BCUT2D eigenvalue weighted by atomic mass is 19.1. The van der Waals surface area contributed by atoms with Crippen molar-refractivity contribution < 1.29 is 14.3 Å². The number of benzene rings is 1. The zero-order chi connectivity index (χ0) is 12.3. The number of alkyl halides is 1. The van der Waals surface area contributed by atoms with E-state index in [0.29, 0.717) is 0 Å². The van der Waals surface area contributed by atoms with Crippen molar-refractivity contribution in [3.8, 4) is 0 Å². The van der Waals surface area contributed by atoms with Crippen LogP contribution in [0.15, 0.2) is 24.3 Å². The molecule has 0 aromatic heterocycles. The first-order chi connectivity index (χ1) is 8.20. The van der Waals surface area contributed by atoms with Crippen LogP contribution in [0.5, 0.6) is 0 Å². The van der Waals surface area contributed by atoms with E-state index in [1.807, 2.05) is 0 Å². The van der Waals surface area contributed by atoms with Gasteiger partial charge in [-0.25, -0.2) is 4.79 Å². The van der Waals surface area contributed by atoms with Gasteiger partial charge in [0, 0.05) is 24.7 Å². The minimum absolute atomic E-state index is 0.114. The Bertz CT molecular complexity index is 391. The molecule has 1 aromatic carbocycles. The van der Waals surface area contributed by atoms with Crippen LogP contribution in [0.1, 0.15) is 23.2 Å². The Labute approximate surface area is 99.9 Å². The molecule has 1 N–H and O–H groups in total. The van der Waals surface area contributed by atoms with E-state index < -0.39 is 5.97 Å². The average Bonchev–Trinajstić information content (AvgIpc) is 2.39. The second kappa shape index (κ2) is 5.17. The van der Waals surface area contributed by atoms with Crippen molar-refractivity contribution in [2.75, 3.05) is 24.7 Å². The molecule has 0 saturated carbocycles. The van der Waals surface area contributed by atoms with Gasteiger partial charge in [-0.3, -0.25) is 4.39 Å². The van der Waals surface area contributed by atoms with E-state index in [0.717, 1.165) is 31.6 Å². The Morgan fingerprint density at radius 1 is 1.41 bits per heavy atom. The third-order valence-corrected chi connectivity index (χ3v) is 3.22. The topological polar surface area (TPSA) is 40.5 Å². The van der Waals surface area contributed by atoms with E-state index in [1.54, 1.807) is 24.3 Å². The molecule has 0 bridgehead atoms. The molecule has 1 aromatic rings. The molecule has 92 valence electrons. The molecular weight excluding hydrogens is 221 g/mol. The number of rotatable bonds is 3. The summed E-state index contributed by atoms with van der Waals surface area (Å²) in [7, 11) is 0. The van der Waals surface area contributed by atoms with Crippen LogP contribution in [0.2, 0.25) is 0 Å². The summed E-state index contributed by atoms with van der Waals surface area (Å²) in [5.74, 6) is -0.806. The zero-order valence-electron chi connectivity index (χ0n) is 9.60. The third kappa shape index (κ3) is 2.75. The molecule has 1 saturated heterocycles. The predicted molar refractivity (Wildman–Crippen MR) is 64.3 cm³/mol. The molecular formula is C13H16FNO2. The Morgan fingerprint density at radius 2 is 2.12 bits per heavy atom. The standard InChI is InChI=1S/C13H16FNO2/c14-8-10-2-1-7-15(9-10)12-5-3-11(4-6-12)13(16)17/h3-6,10H,1-2,7-9H2,(H,16,17)/t10-/m0/s1. The Balaban J connectivity index is 2.08. The fourth-order valence-corrected chi connectivity index (χ4v) is 2.24. The number of carboxylic acids is 1. The number of nitrogens with zero attached hydrogens (tertiary/aromatic N) is 1. The van der Waals surface area contributed by atoms with Gasteiger partial charge in [-0.05, 0) is 37.1 Å².